The number of hydrogen-bond acceptors (Lipinski definition) is 7. The number of anilines is 1. The Morgan fingerprint density at radius 1 is 1.24 bits per heavy atom. The van der Waals surface area contributed by atoms with Gasteiger partial charge in [0.15, 0.2) is 5.52 Å². The van der Waals surface area contributed by atoms with Crippen molar-refractivity contribution in [3.05, 3.63) is 58.0 Å². The number of thioether (sulfide) groups is 1. The number of aromatic nitrogens is 2. The molecule has 1 saturated heterocycles. The SMILES string of the molecule is O=C(CCN1C(=O)C(=Cc2ccc(Cl)cc2)SC1=S)Nc1cccc2nonc12. The molecule has 0 unspecified atom stereocenters. The number of nitrogens with zero attached hydrogens (tertiary/aromatic N) is 3. The number of benzene rings is 2. The minimum absolute atomic E-state index is 0.0856. The van der Waals surface area contributed by atoms with Gasteiger partial charge in [0.2, 0.25) is 5.91 Å². The molecule has 0 aliphatic carbocycles. The zero-order chi connectivity index (χ0) is 20.4. The highest BCUT2D eigenvalue weighted by Gasteiger charge is 2.32. The second kappa shape index (κ2) is 8.32. The Morgan fingerprint density at radius 2 is 2.03 bits per heavy atom. The molecular formula is C19H13ClN4O3S2. The molecular weight excluding hydrogens is 432 g/mol. The van der Waals surface area contributed by atoms with E-state index in [4.69, 9.17) is 23.8 Å². The topological polar surface area (TPSA) is 88.3 Å². The minimum atomic E-state index is -0.267. The lowest BCUT2D eigenvalue weighted by Crippen LogP contribution is -2.31. The first-order valence-electron chi connectivity index (χ1n) is 8.53. The summed E-state index contributed by atoms with van der Waals surface area (Å²) in [6.07, 6.45) is 1.84. The third-order valence-electron chi connectivity index (χ3n) is 4.16. The summed E-state index contributed by atoms with van der Waals surface area (Å²) >= 11 is 12.4. The fraction of sp³-hybridized carbons (Fsp3) is 0.105. The molecule has 1 N–H and O–H groups in total. The second-order valence-corrected chi connectivity index (χ2v) is 8.23. The molecule has 0 atom stereocenters. The molecule has 1 aliphatic heterocycles. The van der Waals surface area contributed by atoms with Crippen LogP contribution in [0.25, 0.3) is 17.1 Å². The number of hydrogen-bond donors (Lipinski definition) is 1. The number of rotatable bonds is 5. The molecule has 0 spiro atoms. The van der Waals surface area contributed by atoms with Gasteiger partial charge in [-0.25, -0.2) is 4.63 Å². The van der Waals surface area contributed by atoms with Crippen LogP contribution in [0, 0.1) is 0 Å². The zero-order valence-corrected chi connectivity index (χ0v) is 17.2. The third-order valence-corrected chi connectivity index (χ3v) is 5.79. The van der Waals surface area contributed by atoms with E-state index in [0.29, 0.717) is 31.0 Å². The van der Waals surface area contributed by atoms with Crippen LogP contribution in [0.5, 0.6) is 0 Å². The molecule has 10 heteroatoms. The molecule has 7 nitrogen and oxygen atoms in total. The van der Waals surface area contributed by atoms with Gasteiger partial charge in [0.05, 0.1) is 10.6 Å². The molecule has 0 bridgehead atoms. The van der Waals surface area contributed by atoms with E-state index in [9.17, 15) is 9.59 Å². The quantitative estimate of drug-likeness (QED) is 0.468. The van der Waals surface area contributed by atoms with Crippen LogP contribution in [0.1, 0.15) is 12.0 Å². The number of nitrogens with one attached hydrogen (secondary N) is 1. The lowest BCUT2D eigenvalue weighted by atomic mass is 10.2. The molecule has 0 saturated carbocycles. The molecule has 2 heterocycles. The normalized spacial score (nSPS) is 15.5. The number of carbonyl (C=O) groups excluding carboxylic acids is 2. The van der Waals surface area contributed by atoms with Crippen molar-refractivity contribution >= 4 is 74.5 Å². The van der Waals surface area contributed by atoms with Crippen LogP contribution in [0.4, 0.5) is 5.69 Å². The predicted molar refractivity (Wildman–Crippen MR) is 116 cm³/mol. The summed E-state index contributed by atoms with van der Waals surface area (Å²) < 4.78 is 5.11. The maximum absolute atomic E-state index is 12.7. The van der Waals surface area contributed by atoms with Crippen molar-refractivity contribution in [2.24, 2.45) is 0 Å². The molecule has 4 rings (SSSR count). The Hall–Kier alpha value is -2.75. The van der Waals surface area contributed by atoms with Gasteiger partial charge in [-0.15, -0.1) is 0 Å². The van der Waals surface area contributed by atoms with E-state index >= 15 is 0 Å². The van der Waals surface area contributed by atoms with E-state index in [1.165, 1.54) is 16.7 Å². The molecule has 2 amide bonds. The number of carbonyl (C=O) groups is 2. The molecule has 1 aromatic heterocycles. The predicted octanol–water partition coefficient (Wildman–Crippen LogP) is 4.11. The molecule has 0 radical (unpaired) electrons. The van der Waals surface area contributed by atoms with Crippen molar-refractivity contribution in [1.29, 1.82) is 0 Å². The van der Waals surface area contributed by atoms with Crippen LogP contribution in [-0.4, -0.2) is 37.9 Å². The molecule has 1 aliphatic rings. The number of halogens is 1. The van der Waals surface area contributed by atoms with Gasteiger partial charge in [0.25, 0.3) is 5.91 Å². The van der Waals surface area contributed by atoms with Gasteiger partial charge in [-0.05, 0) is 46.2 Å². The third kappa shape index (κ3) is 4.31. The standard InChI is InChI=1S/C19H13ClN4O3S2/c20-12-6-4-11(5-7-12)10-15-18(26)24(19(28)29-15)9-8-16(25)21-13-2-1-3-14-17(13)23-27-22-14/h1-7,10H,8-9H2,(H,21,25). The largest absolute Gasteiger partial charge is 0.324 e. The highest BCUT2D eigenvalue weighted by molar-refractivity contribution is 8.26. The Labute approximate surface area is 180 Å². The van der Waals surface area contributed by atoms with E-state index in [2.05, 4.69) is 20.3 Å². The van der Waals surface area contributed by atoms with Gasteiger partial charge in [-0.1, -0.05) is 53.8 Å². The first-order chi connectivity index (χ1) is 14.0. The van der Waals surface area contributed by atoms with Gasteiger partial charge < -0.3 is 5.32 Å². The fourth-order valence-electron chi connectivity index (χ4n) is 2.74. The average Bonchev–Trinajstić information content (AvgIpc) is 3.28. The van der Waals surface area contributed by atoms with E-state index in [0.717, 1.165) is 5.56 Å². The molecule has 146 valence electrons. The molecule has 1 fully saturated rings. The van der Waals surface area contributed by atoms with Crippen LogP contribution in [-0.2, 0) is 9.59 Å². The van der Waals surface area contributed by atoms with Crippen LogP contribution in [0.3, 0.4) is 0 Å². The average molecular weight is 445 g/mol. The maximum Gasteiger partial charge on any atom is 0.266 e. The van der Waals surface area contributed by atoms with Gasteiger partial charge in [0.1, 0.15) is 9.84 Å². The van der Waals surface area contributed by atoms with Crippen molar-refractivity contribution in [2.75, 3.05) is 11.9 Å². The Kier molecular flexibility index (Phi) is 5.61. The van der Waals surface area contributed by atoms with E-state index in [1.807, 2.05) is 12.1 Å². The first-order valence-corrected chi connectivity index (χ1v) is 10.1. The summed E-state index contributed by atoms with van der Waals surface area (Å²) in [5.41, 5.74) is 2.37. The zero-order valence-electron chi connectivity index (χ0n) is 14.8. The lowest BCUT2D eigenvalue weighted by molar-refractivity contribution is -0.122. The second-order valence-electron chi connectivity index (χ2n) is 6.12. The number of amides is 2. The Morgan fingerprint density at radius 3 is 2.83 bits per heavy atom. The summed E-state index contributed by atoms with van der Waals surface area (Å²) in [5.74, 6) is -0.484. The molecule has 2 aromatic carbocycles. The summed E-state index contributed by atoms with van der Waals surface area (Å²) in [5, 5.41) is 10.9. The Balaban J connectivity index is 1.39. The van der Waals surface area contributed by atoms with Crippen molar-refractivity contribution in [3.63, 3.8) is 0 Å². The minimum Gasteiger partial charge on any atom is -0.324 e. The van der Waals surface area contributed by atoms with Gasteiger partial charge >= 0.3 is 0 Å². The van der Waals surface area contributed by atoms with E-state index in [-0.39, 0.29) is 24.8 Å². The molecule has 29 heavy (non-hydrogen) atoms. The van der Waals surface area contributed by atoms with Crippen LogP contribution >= 0.6 is 35.6 Å². The highest BCUT2D eigenvalue weighted by Crippen LogP contribution is 2.32. The van der Waals surface area contributed by atoms with Crippen molar-refractivity contribution in [2.45, 2.75) is 6.42 Å². The fourth-order valence-corrected chi connectivity index (χ4v) is 4.17. The highest BCUT2D eigenvalue weighted by atomic mass is 35.5. The Bertz CT molecular complexity index is 1140. The maximum atomic E-state index is 12.7. The van der Waals surface area contributed by atoms with Crippen LogP contribution in [0.2, 0.25) is 5.02 Å². The molecule has 3 aromatic rings. The lowest BCUT2D eigenvalue weighted by Gasteiger charge is -2.14. The first kappa shape index (κ1) is 19.6. The van der Waals surface area contributed by atoms with Crippen molar-refractivity contribution in [1.82, 2.24) is 15.2 Å². The van der Waals surface area contributed by atoms with E-state index in [1.54, 1.807) is 36.4 Å². The monoisotopic (exact) mass is 444 g/mol. The number of fused-ring (bicyclic) bond motifs is 1. The summed E-state index contributed by atoms with van der Waals surface area (Å²) in [6, 6.07) is 12.3. The van der Waals surface area contributed by atoms with Gasteiger partial charge in [0, 0.05) is 18.0 Å². The van der Waals surface area contributed by atoms with Gasteiger partial charge in [-0.2, -0.15) is 0 Å². The summed E-state index contributed by atoms with van der Waals surface area (Å²) in [7, 11) is 0. The van der Waals surface area contributed by atoms with Crippen molar-refractivity contribution in [3.8, 4) is 0 Å². The van der Waals surface area contributed by atoms with Crippen molar-refractivity contribution < 1.29 is 14.2 Å². The van der Waals surface area contributed by atoms with Gasteiger partial charge in [-0.3, -0.25) is 14.5 Å². The van der Waals surface area contributed by atoms with E-state index < -0.39 is 0 Å². The van der Waals surface area contributed by atoms with Crippen LogP contribution < -0.4 is 5.32 Å². The number of thiocarbonyl (C=S) groups is 1. The summed E-state index contributed by atoms with van der Waals surface area (Å²) in [4.78, 5) is 26.9. The van der Waals surface area contributed by atoms with Crippen LogP contribution in [0.15, 0.2) is 52.0 Å². The smallest absolute Gasteiger partial charge is 0.266 e. The summed E-state index contributed by atoms with van der Waals surface area (Å²) in [6.45, 7) is 0.182.